The molecule has 1 heterocycles. The number of nitrogens with zero attached hydrogens (tertiary/aromatic N) is 1. The molecule has 128 valence electrons. The minimum Gasteiger partial charge on any atom is -0.396 e. The van der Waals surface area contributed by atoms with Crippen LogP contribution in [-0.4, -0.2) is 34.3 Å². The molecule has 0 aliphatic heterocycles. The van der Waals surface area contributed by atoms with Crippen LogP contribution in [0.1, 0.15) is 24.6 Å². The highest BCUT2D eigenvalue weighted by molar-refractivity contribution is 5.77. The molecule has 1 aromatic carbocycles. The van der Waals surface area contributed by atoms with Crippen LogP contribution in [0.3, 0.4) is 0 Å². The predicted molar refractivity (Wildman–Crippen MR) is 92.2 cm³/mol. The number of pyridine rings is 1. The Morgan fingerprint density at radius 1 is 1.21 bits per heavy atom. The highest BCUT2D eigenvalue weighted by Crippen LogP contribution is 2.23. The van der Waals surface area contributed by atoms with Crippen LogP contribution in [0.15, 0.2) is 54.7 Å². The lowest BCUT2D eigenvalue weighted by Gasteiger charge is -2.24. The Bertz CT molecular complexity index is 630. The van der Waals surface area contributed by atoms with E-state index in [4.69, 9.17) is 0 Å². The normalized spacial score (nSPS) is 14.6. The molecule has 0 spiro atoms. The Morgan fingerprint density at radius 3 is 2.54 bits per heavy atom. The monoisotopic (exact) mass is 328 g/mol. The van der Waals surface area contributed by atoms with E-state index in [-0.39, 0.29) is 24.9 Å². The minimum atomic E-state index is -1.22. The van der Waals surface area contributed by atoms with E-state index in [1.54, 1.807) is 25.3 Å². The molecule has 5 nitrogen and oxygen atoms in total. The van der Waals surface area contributed by atoms with Crippen LogP contribution in [0.4, 0.5) is 0 Å². The molecular weight excluding hydrogens is 304 g/mol. The van der Waals surface area contributed by atoms with Crippen molar-refractivity contribution in [2.45, 2.75) is 25.4 Å². The minimum absolute atomic E-state index is 0.0290. The first-order valence-corrected chi connectivity index (χ1v) is 8.06. The second-order valence-electron chi connectivity index (χ2n) is 6.19. The fraction of sp³-hybridized carbons (Fsp3) is 0.368. The van der Waals surface area contributed by atoms with Crippen molar-refractivity contribution in [1.82, 2.24) is 10.3 Å². The SMILES string of the molecule is CC(O)(CC(=O)NCC(CO)Cc1ccccn1)c1ccccc1. The summed E-state index contributed by atoms with van der Waals surface area (Å²) in [7, 11) is 0. The summed E-state index contributed by atoms with van der Waals surface area (Å²) in [6.07, 6.45) is 2.27. The Kier molecular flexibility index (Phi) is 6.46. The molecule has 2 atom stereocenters. The van der Waals surface area contributed by atoms with Gasteiger partial charge in [0, 0.05) is 31.0 Å². The molecule has 0 aliphatic rings. The number of amides is 1. The molecular formula is C19H24N2O3. The lowest BCUT2D eigenvalue weighted by atomic mass is 9.92. The van der Waals surface area contributed by atoms with Gasteiger partial charge in [0.25, 0.3) is 0 Å². The summed E-state index contributed by atoms with van der Waals surface area (Å²) in [6.45, 7) is 1.93. The third kappa shape index (κ3) is 5.44. The zero-order chi connectivity index (χ0) is 17.4. The molecule has 2 rings (SSSR count). The second-order valence-corrected chi connectivity index (χ2v) is 6.19. The molecule has 1 amide bonds. The van der Waals surface area contributed by atoms with Crippen LogP contribution in [0.25, 0.3) is 0 Å². The van der Waals surface area contributed by atoms with Gasteiger partial charge in [-0.25, -0.2) is 0 Å². The Labute approximate surface area is 142 Å². The maximum atomic E-state index is 12.1. The lowest BCUT2D eigenvalue weighted by molar-refractivity contribution is -0.126. The lowest BCUT2D eigenvalue weighted by Crippen LogP contribution is -2.36. The fourth-order valence-corrected chi connectivity index (χ4v) is 2.55. The molecule has 0 saturated carbocycles. The summed E-state index contributed by atoms with van der Waals surface area (Å²) < 4.78 is 0. The van der Waals surface area contributed by atoms with Crippen molar-refractivity contribution >= 4 is 5.91 Å². The summed E-state index contributed by atoms with van der Waals surface area (Å²) >= 11 is 0. The molecule has 0 fully saturated rings. The number of rotatable bonds is 8. The van der Waals surface area contributed by atoms with Gasteiger partial charge < -0.3 is 15.5 Å². The van der Waals surface area contributed by atoms with Gasteiger partial charge in [-0.2, -0.15) is 0 Å². The van der Waals surface area contributed by atoms with Gasteiger partial charge in [0.15, 0.2) is 0 Å². The van der Waals surface area contributed by atoms with Gasteiger partial charge in [0.05, 0.1) is 12.0 Å². The van der Waals surface area contributed by atoms with Crippen LogP contribution in [0.2, 0.25) is 0 Å². The van der Waals surface area contributed by atoms with Crippen LogP contribution in [0, 0.1) is 5.92 Å². The smallest absolute Gasteiger partial charge is 0.223 e. The number of aliphatic hydroxyl groups is 2. The quantitative estimate of drug-likeness (QED) is 0.688. The maximum Gasteiger partial charge on any atom is 0.223 e. The van der Waals surface area contributed by atoms with E-state index in [1.165, 1.54) is 0 Å². The van der Waals surface area contributed by atoms with Crippen LogP contribution in [-0.2, 0) is 16.8 Å². The van der Waals surface area contributed by atoms with E-state index < -0.39 is 5.60 Å². The number of benzene rings is 1. The van der Waals surface area contributed by atoms with Crippen molar-refractivity contribution in [3.05, 3.63) is 66.0 Å². The van der Waals surface area contributed by atoms with Crippen molar-refractivity contribution in [2.75, 3.05) is 13.2 Å². The first-order chi connectivity index (χ1) is 11.5. The van der Waals surface area contributed by atoms with E-state index in [1.807, 2.05) is 36.4 Å². The number of nitrogens with one attached hydrogen (secondary N) is 1. The van der Waals surface area contributed by atoms with E-state index in [0.717, 1.165) is 5.69 Å². The Balaban J connectivity index is 1.85. The highest BCUT2D eigenvalue weighted by atomic mass is 16.3. The number of hydrogen-bond donors (Lipinski definition) is 3. The second kappa shape index (κ2) is 8.57. The van der Waals surface area contributed by atoms with E-state index in [2.05, 4.69) is 10.3 Å². The van der Waals surface area contributed by atoms with Gasteiger partial charge in [-0.05, 0) is 31.0 Å². The van der Waals surface area contributed by atoms with E-state index in [0.29, 0.717) is 18.5 Å². The first-order valence-electron chi connectivity index (χ1n) is 8.06. The average Bonchev–Trinajstić information content (AvgIpc) is 2.60. The number of hydrogen-bond acceptors (Lipinski definition) is 4. The third-order valence-electron chi connectivity index (χ3n) is 3.97. The van der Waals surface area contributed by atoms with Crippen molar-refractivity contribution in [3.63, 3.8) is 0 Å². The third-order valence-corrected chi connectivity index (χ3v) is 3.97. The standard InChI is InChI=1S/C19H24N2O3/c1-19(24,16-7-3-2-4-8-16)12-18(23)21-13-15(14-22)11-17-9-5-6-10-20-17/h2-10,15,22,24H,11-14H2,1H3,(H,21,23). The van der Waals surface area contributed by atoms with Gasteiger partial charge >= 0.3 is 0 Å². The molecule has 2 aromatic rings. The van der Waals surface area contributed by atoms with Gasteiger partial charge in [0.1, 0.15) is 0 Å². The van der Waals surface area contributed by atoms with Gasteiger partial charge in [-0.15, -0.1) is 0 Å². The van der Waals surface area contributed by atoms with Crippen molar-refractivity contribution in [2.24, 2.45) is 5.92 Å². The molecule has 0 radical (unpaired) electrons. The van der Waals surface area contributed by atoms with Crippen molar-refractivity contribution in [3.8, 4) is 0 Å². The zero-order valence-corrected chi connectivity index (χ0v) is 13.9. The molecule has 0 bridgehead atoms. The summed E-state index contributed by atoms with van der Waals surface area (Å²) in [5, 5.41) is 22.8. The number of carbonyl (C=O) groups excluding carboxylic acids is 1. The van der Waals surface area contributed by atoms with Crippen LogP contribution in [0.5, 0.6) is 0 Å². The molecule has 5 heteroatoms. The molecule has 24 heavy (non-hydrogen) atoms. The van der Waals surface area contributed by atoms with Gasteiger partial charge in [-0.1, -0.05) is 36.4 Å². The fourth-order valence-electron chi connectivity index (χ4n) is 2.55. The number of aromatic nitrogens is 1. The van der Waals surface area contributed by atoms with Crippen molar-refractivity contribution < 1.29 is 15.0 Å². The molecule has 1 aromatic heterocycles. The highest BCUT2D eigenvalue weighted by Gasteiger charge is 2.26. The zero-order valence-electron chi connectivity index (χ0n) is 13.9. The molecule has 3 N–H and O–H groups in total. The predicted octanol–water partition coefficient (Wildman–Crippen LogP) is 1.65. The summed E-state index contributed by atoms with van der Waals surface area (Å²) in [5.41, 5.74) is 0.357. The molecule has 0 saturated heterocycles. The van der Waals surface area contributed by atoms with E-state index in [9.17, 15) is 15.0 Å². The van der Waals surface area contributed by atoms with E-state index >= 15 is 0 Å². The largest absolute Gasteiger partial charge is 0.396 e. The maximum absolute atomic E-state index is 12.1. The Hall–Kier alpha value is -2.24. The molecule has 2 unspecified atom stereocenters. The average molecular weight is 328 g/mol. The summed E-state index contributed by atoms with van der Waals surface area (Å²) in [4.78, 5) is 16.4. The number of carbonyl (C=O) groups is 1. The number of aliphatic hydroxyl groups excluding tert-OH is 1. The van der Waals surface area contributed by atoms with Crippen molar-refractivity contribution in [1.29, 1.82) is 0 Å². The first kappa shape index (κ1) is 18.1. The summed E-state index contributed by atoms with van der Waals surface area (Å²) in [6, 6.07) is 14.7. The topological polar surface area (TPSA) is 82.5 Å². The van der Waals surface area contributed by atoms with Crippen LogP contribution < -0.4 is 5.32 Å². The van der Waals surface area contributed by atoms with Crippen LogP contribution >= 0.6 is 0 Å². The Morgan fingerprint density at radius 2 is 1.92 bits per heavy atom. The van der Waals surface area contributed by atoms with Gasteiger partial charge in [0.2, 0.25) is 5.91 Å². The van der Waals surface area contributed by atoms with Gasteiger partial charge in [-0.3, -0.25) is 9.78 Å². The summed E-state index contributed by atoms with van der Waals surface area (Å²) in [5.74, 6) is -0.353. The molecule has 0 aliphatic carbocycles.